The lowest BCUT2D eigenvalue weighted by Gasteiger charge is -2.19. The number of aromatic nitrogens is 1. The Bertz CT molecular complexity index is 872. The minimum absolute atomic E-state index is 0.0924. The van der Waals surface area contributed by atoms with Gasteiger partial charge in [0, 0.05) is 49.8 Å². The van der Waals surface area contributed by atoms with Crippen molar-refractivity contribution in [2.24, 2.45) is 0 Å². The van der Waals surface area contributed by atoms with Crippen molar-refractivity contribution in [3.8, 4) is 0 Å². The van der Waals surface area contributed by atoms with E-state index >= 15 is 0 Å². The van der Waals surface area contributed by atoms with Gasteiger partial charge in [0.2, 0.25) is 5.52 Å². The number of nitrogens with one attached hydrogen (secondary N) is 3. The van der Waals surface area contributed by atoms with Crippen LogP contribution in [0.3, 0.4) is 0 Å². The lowest BCUT2D eigenvalue weighted by Crippen LogP contribution is -2.47. The molecule has 0 aliphatic rings. The topological polar surface area (TPSA) is 57.0 Å². The molecule has 1 aromatic carbocycles. The van der Waals surface area contributed by atoms with E-state index in [1.54, 1.807) is 7.05 Å². The molecule has 2 amide bonds. The molecular weight excluding hydrogens is 500 g/mol. The second-order valence-corrected chi connectivity index (χ2v) is 12.1. The number of urea groups is 1. The number of unbranched alkanes of at least 4 members (excludes halogenated alkanes) is 13. The molecule has 0 fully saturated rings. The van der Waals surface area contributed by atoms with Gasteiger partial charge >= 0.3 is 6.03 Å². The smallest absolute Gasteiger partial charge is 0.314 e. The highest BCUT2D eigenvalue weighted by atomic mass is 32.2. The zero-order chi connectivity index (χ0) is 27.8. The van der Waals surface area contributed by atoms with Gasteiger partial charge in [-0.05, 0) is 24.3 Å². The van der Waals surface area contributed by atoms with E-state index in [4.69, 9.17) is 0 Å². The minimum Gasteiger partial charge on any atom is -0.341 e. The fraction of sp³-hybridized carbons (Fsp3) is 0.697. The van der Waals surface area contributed by atoms with Gasteiger partial charge in [-0.1, -0.05) is 103 Å². The number of nitrogens with zero attached hydrogens (tertiary/aromatic N) is 1. The molecule has 220 valence electrons. The van der Waals surface area contributed by atoms with E-state index in [2.05, 4.69) is 70.0 Å². The molecule has 1 atom stereocenters. The van der Waals surface area contributed by atoms with Crippen molar-refractivity contribution in [1.82, 2.24) is 16.0 Å². The average molecular weight is 558 g/mol. The molecule has 1 heterocycles. The lowest BCUT2D eigenvalue weighted by atomic mass is 10.0. The number of para-hydroxylation sites is 1. The first-order valence-electron chi connectivity index (χ1n) is 15.9. The normalized spacial score (nSPS) is 12.1. The summed E-state index contributed by atoms with van der Waals surface area (Å²) in [6.07, 6.45) is 22.8. The van der Waals surface area contributed by atoms with Crippen LogP contribution in [-0.2, 0) is 6.54 Å². The van der Waals surface area contributed by atoms with Crippen molar-refractivity contribution in [2.45, 2.75) is 116 Å². The van der Waals surface area contributed by atoms with E-state index < -0.39 is 0 Å². The standard InChI is InChI=1S/C33H56N4OS/c1-3-4-5-6-7-8-9-10-11-12-13-14-15-18-27-39-29-31(36-33(38)34-2)28-35-24-20-26-37-25-19-22-30-21-16-17-23-32(30)37/h16-17,19,21-23,25,31,35H,3-15,18,20,24,26-29H2,1-2H3,(H-,34,36,38)/p+1. The maximum Gasteiger partial charge on any atom is 0.314 e. The molecule has 39 heavy (non-hydrogen) atoms. The highest BCUT2D eigenvalue weighted by Crippen LogP contribution is 2.14. The largest absolute Gasteiger partial charge is 0.341 e. The van der Waals surface area contributed by atoms with Crippen molar-refractivity contribution in [1.29, 1.82) is 0 Å². The second kappa shape index (κ2) is 23.0. The average Bonchev–Trinajstić information content (AvgIpc) is 2.96. The molecule has 0 spiro atoms. The van der Waals surface area contributed by atoms with Crippen molar-refractivity contribution in [2.75, 3.05) is 31.6 Å². The van der Waals surface area contributed by atoms with Gasteiger partial charge in [-0.25, -0.2) is 4.79 Å². The molecule has 0 saturated carbocycles. The van der Waals surface area contributed by atoms with Crippen LogP contribution in [0.4, 0.5) is 4.79 Å². The van der Waals surface area contributed by atoms with Crippen LogP contribution in [0.2, 0.25) is 0 Å². The Labute approximate surface area is 243 Å². The van der Waals surface area contributed by atoms with E-state index in [0.29, 0.717) is 0 Å². The van der Waals surface area contributed by atoms with Gasteiger partial charge in [0.1, 0.15) is 6.54 Å². The van der Waals surface area contributed by atoms with Crippen molar-refractivity contribution < 1.29 is 9.36 Å². The predicted molar refractivity (Wildman–Crippen MR) is 171 cm³/mol. The summed E-state index contributed by atoms with van der Waals surface area (Å²) in [5.41, 5.74) is 1.28. The van der Waals surface area contributed by atoms with Gasteiger partial charge in [-0.15, -0.1) is 0 Å². The number of carbonyl (C=O) groups is 1. The van der Waals surface area contributed by atoms with Crippen LogP contribution in [0.5, 0.6) is 0 Å². The summed E-state index contributed by atoms with van der Waals surface area (Å²) < 4.78 is 2.32. The van der Waals surface area contributed by atoms with Crippen LogP contribution in [-0.4, -0.2) is 43.7 Å². The van der Waals surface area contributed by atoms with Gasteiger partial charge in [0.25, 0.3) is 0 Å². The fourth-order valence-electron chi connectivity index (χ4n) is 5.10. The molecule has 0 aliphatic heterocycles. The van der Waals surface area contributed by atoms with Gasteiger partial charge in [-0.2, -0.15) is 16.3 Å². The number of hydrogen-bond acceptors (Lipinski definition) is 3. The van der Waals surface area contributed by atoms with E-state index in [1.807, 2.05) is 11.8 Å². The summed E-state index contributed by atoms with van der Waals surface area (Å²) in [7, 11) is 1.68. The van der Waals surface area contributed by atoms with Crippen LogP contribution in [0.15, 0.2) is 42.6 Å². The summed E-state index contributed by atoms with van der Waals surface area (Å²) >= 11 is 1.97. The van der Waals surface area contributed by atoms with Crippen molar-refractivity contribution in [3.05, 3.63) is 42.6 Å². The first kappa shape index (κ1) is 33.4. The Morgan fingerprint density at radius 3 is 2.10 bits per heavy atom. The quantitative estimate of drug-likeness (QED) is 0.0919. The van der Waals surface area contributed by atoms with E-state index in [1.165, 1.54) is 107 Å². The van der Waals surface area contributed by atoms with Crippen LogP contribution < -0.4 is 20.5 Å². The molecule has 0 radical (unpaired) electrons. The molecule has 5 nitrogen and oxygen atoms in total. The number of aryl methyl sites for hydroxylation is 1. The summed E-state index contributed by atoms with van der Waals surface area (Å²) in [5.74, 6) is 2.14. The Kier molecular flexibility index (Phi) is 19.7. The molecule has 6 heteroatoms. The first-order chi connectivity index (χ1) is 19.2. The molecule has 1 unspecified atom stereocenters. The zero-order valence-corrected chi connectivity index (χ0v) is 25.8. The SMILES string of the molecule is CCCCCCCCCCCCCCCCSCC(CNCCC[n+]1cccc2ccccc21)NC(=O)NC. The van der Waals surface area contributed by atoms with Gasteiger partial charge < -0.3 is 16.0 Å². The summed E-state index contributed by atoms with van der Waals surface area (Å²) in [5, 5.41) is 10.7. The number of thioether (sulfide) groups is 1. The molecule has 0 bridgehead atoms. The number of fused-ring (bicyclic) bond motifs is 1. The first-order valence-corrected chi connectivity index (χ1v) is 17.0. The third-order valence-electron chi connectivity index (χ3n) is 7.45. The molecule has 2 rings (SSSR count). The number of pyridine rings is 1. The minimum atomic E-state index is -0.0924. The maximum absolute atomic E-state index is 11.9. The van der Waals surface area contributed by atoms with Gasteiger partial charge in [0.15, 0.2) is 6.20 Å². The predicted octanol–water partition coefficient (Wildman–Crippen LogP) is 7.62. The maximum atomic E-state index is 11.9. The molecular formula is C33H57N4OS+. The van der Waals surface area contributed by atoms with Gasteiger partial charge in [0.05, 0.1) is 6.04 Å². The number of hydrogen-bond donors (Lipinski definition) is 3. The molecule has 0 saturated heterocycles. The summed E-state index contributed by atoms with van der Waals surface area (Å²) in [4.78, 5) is 11.9. The molecule has 3 N–H and O–H groups in total. The summed E-state index contributed by atoms with van der Waals surface area (Å²) in [6.45, 7) is 5.01. The molecule has 1 aromatic heterocycles. The van der Waals surface area contributed by atoms with E-state index in [-0.39, 0.29) is 12.1 Å². The monoisotopic (exact) mass is 557 g/mol. The third kappa shape index (κ3) is 16.2. The summed E-state index contributed by atoms with van der Waals surface area (Å²) in [6, 6.07) is 12.9. The number of benzene rings is 1. The van der Waals surface area contributed by atoms with Crippen LogP contribution in [0.1, 0.15) is 103 Å². The number of rotatable bonds is 24. The van der Waals surface area contributed by atoms with Crippen molar-refractivity contribution in [3.63, 3.8) is 0 Å². The van der Waals surface area contributed by atoms with Crippen LogP contribution >= 0.6 is 11.8 Å². The number of carbonyl (C=O) groups excluding carboxylic acids is 1. The van der Waals surface area contributed by atoms with Crippen LogP contribution in [0, 0.1) is 0 Å². The van der Waals surface area contributed by atoms with Gasteiger partial charge in [-0.3, -0.25) is 0 Å². The molecule has 2 aromatic rings. The number of amides is 2. The Morgan fingerprint density at radius 2 is 1.44 bits per heavy atom. The zero-order valence-electron chi connectivity index (χ0n) is 25.0. The van der Waals surface area contributed by atoms with Crippen LogP contribution in [0.25, 0.3) is 10.9 Å². The Morgan fingerprint density at radius 1 is 0.821 bits per heavy atom. The second-order valence-electron chi connectivity index (χ2n) is 10.9. The fourth-order valence-corrected chi connectivity index (χ4v) is 6.16. The van der Waals surface area contributed by atoms with E-state index in [9.17, 15) is 4.79 Å². The van der Waals surface area contributed by atoms with E-state index in [0.717, 1.165) is 31.8 Å². The highest BCUT2D eigenvalue weighted by Gasteiger charge is 2.12. The lowest BCUT2D eigenvalue weighted by molar-refractivity contribution is -0.671. The molecule has 0 aliphatic carbocycles. The third-order valence-corrected chi connectivity index (χ3v) is 8.67. The highest BCUT2D eigenvalue weighted by molar-refractivity contribution is 7.99. The Balaban J connectivity index is 1.48. The Hall–Kier alpha value is -1.79. The van der Waals surface area contributed by atoms with Crippen molar-refractivity contribution >= 4 is 28.7 Å².